The van der Waals surface area contributed by atoms with Gasteiger partial charge in [0.2, 0.25) is 0 Å². The molecule has 0 aliphatic heterocycles. The van der Waals surface area contributed by atoms with Crippen LogP contribution in [-0.2, 0) is 0 Å². The first-order valence-electron chi connectivity index (χ1n) is 7.29. The summed E-state index contributed by atoms with van der Waals surface area (Å²) in [6.45, 7) is 8.68. The van der Waals surface area contributed by atoms with Gasteiger partial charge in [0.05, 0.1) is 0 Å². The van der Waals surface area contributed by atoms with Crippen molar-refractivity contribution in [3.63, 3.8) is 0 Å². The molecule has 3 rings (SSSR count). The number of hydrogen-bond donors (Lipinski definition) is 0. The lowest BCUT2D eigenvalue weighted by Gasteiger charge is -2.04. The van der Waals surface area contributed by atoms with Crippen molar-refractivity contribution in [1.29, 1.82) is 0 Å². The first-order chi connectivity index (χ1) is 10.0. The van der Waals surface area contributed by atoms with Crippen molar-refractivity contribution in [1.82, 2.24) is 0 Å². The average molecular weight is 292 g/mol. The van der Waals surface area contributed by atoms with Gasteiger partial charge in [-0.25, -0.2) is 0 Å². The van der Waals surface area contributed by atoms with E-state index < -0.39 is 0 Å². The molecule has 0 bridgehead atoms. The summed E-state index contributed by atoms with van der Waals surface area (Å²) in [5.41, 5.74) is 8.05. The number of aryl methyl sites for hydroxylation is 4. The number of benzene rings is 2. The Hall–Kier alpha value is -1.86. The summed E-state index contributed by atoms with van der Waals surface area (Å²) < 4.78 is 0. The van der Waals surface area contributed by atoms with Gasteiger partial charge in [-0.1, -0.05) is 36.4 Å². The van der Waals surface area contributed by atoms with Crippen LogP contribution in [-0.4, -0.2) is 0 Å². The smallest absolute Gasteiger partial charge is 0.0349 e. The van der Waals surface area contributed by atoms with Crippen LogP contribution in [0.5, 0.6) is 0 Å². The van der Waals surface area contributed by atoms with Gasteiger partial charge < -0.3 is 0 Å². The van der Waals surface area contributed by atoms with Crippen LogP contribution in [0, 0.1) is 27.7 Å². The topological polar surface area (TPSA) is 0 Å². The quantitative estimate of drug-likeness (QED) is 0.518. The molecule has 0 N–H and O–H groups in total. The summed E-state index contributed by atoms with van der Waals surface area (Å²) in [5, 5.41) is 0. The first kappa shape index (κ1) is 14.1. The molecule has 0 radical (unpaired) electrons. The minimum Gasteiger partial charge on any atom is -0.135 e. The molecule has 106 valence electrons. The molecule has 1 aromatic heterocycles. The van der Waals surface area contributed by atoms with Crippen molar-refractivity contribution in [2.75, 3.05) is 0 Å². The molecule has 0 unspecified atom stereocenters. The molecular weight excluding hydrogens is 272 g/mol. The molecule has 0 atom stereocenters. The van der Waals surface area contributed by atoms with Crippen LogP contribution in [0.25, 0.3) is 20.9 Å². The maximum absolute atomic E-state index is 2.28. The molecule has 0 spiro atoms. The minimum atomic E-state index is 1.32. The first-order valence-corrected chi connectivity index (χ1v) is 8.11. The highest BCUT2D eigenvalue weighted by molar-refractivity contribution is 7.18. The second kappa shape index (κ2) is 5.50. The fraction of sp³-hybridized carbons (Fsp3) is 0.200. The molecule has 0 amide bonds. The third-order valence-electron chi connectivity index (χ3n) is 4.19. The molecule has 0 saturated carbocycles. The van der Waals surface area contributed by atoms with Crippen LogP contribution < -0.4 is 0 Å². The van der Waals surface area contributed by atoms with Gasteiger partial charge in [0.25, 0.3) is 0 Å². The van der Waals surface area contributed by atoms with E-state index in [4.69, 9.17) is 0 Å². The van der Waals surface area contributed by atoms with Gasteiger partial charge in [0.1, 0.15) is 0 Å². The van der Waals surface area contributed by atoms with E-state index in [9.17, 15) is 0 Å². The molecule has 3 aromatic rings. The van der Waals surface area contributed by atoms with Crippen molar-refractivity contribution in [2.45, 2.75) is 27.7 Å². The zero-order chi connectivity index (χ0) is 15.0. The molecule has 2 aromatic carbocycles. The van der Waals surface area contributed by atoms with E-state index in [1.54, 1.807) is 0 Å². The Morgan fingerprint density at radius 2 is 0.952 bits per heavy atom. The summed E-state index contributed by atoms with van der Waals surface area (Å²) in [6.07, 6.45) is 0. The lowest BCUT2D eigenvalue weighted by Crippen LogP contribution is -1.81. The van der Waals surface area contributed by atoms with E-state index in [1.807, 2.05) is 11.3 Å². The zero-order valence-corrected chi connectivity index (χ0v) is 13.8. The second-order valence-electron chi connectivity index (χ2n) is 5.76. The molecule has 0 fully saturated rings. The highest BCUT2D eigenvalue weighted by atomic mass is 32.1. The van der Waals surface area contributed by atoms with Gasteiger partial charge >= 0.3 is 0 Å². The Kier molecular flexibility index (Phi) is 3.69. The zero-order valence-electron chi connectivity index (χ0n) is 13.0. The maximum atomic E-state index is 2.28. The summed E-state index contributed by atoms with van der Waals surface area (Å²) in [7, 11) is 0. The van der Waals surface area contributed by atoms with Gasteiger partial charge in [0.15, 0.2) is 0 Å². The predicted octanol–water partition coefficient (Wildman–Crippen LogP) is 6.32. The Bertz CT molecular complexity index is 727. The lowest BCUT2D eigenvalue weighted by molar-refractivity contribution is 1.34. The van der Waals surface area contributed by atoms with Crippen molar-refractivity contribution in [2.24, 2.45) is 0 Å². The molecule has 0 saturated heterocycles. The van der Waals surface area contributed by atoms with E-state index in [0.717, 1.165) is 0 Å². The van der Waals surface area contributed by atoms with Gasteiger partial charge in [-0.2, -0.15) is 0 Å². The van der Waals surface area contributed by atoms with E-state index in [-0.39, 0.29) is 0 Å². The van der Waals surface area contributed by atoms with Crippen LogP contribution in [0.4, 0.5) is 0 Å². The lowest BCUT2D eigenvalue weighted by atomic mass is 10.0. The average Bonchev–Trinajstić information content (AvgIpc) is 2.94. The van der Waals surface area contributed by atoms with E-state index in [1.165, 1.54) is 43.1 Å². The van der Waals surface area contributed by atoms with Crippen LogP contribution >= 0.6 is 11.3 Å². The van der Waals surface area contributed by atoms with Gasteiger partial charge in [-0.05, 0) is 73.2 Å². The number of thiophene rings is 1. The van der Waals surface area contributed by atoms with Gasteiger partial charge in [0, 0.05) is 9.75 Å². The Balaban J connectivity index is 1.99. The van der Waals surface area contributed by atoms with Gasteiger partial charge in [-0.15, -0.1) is 11.3 Å². The third kappa shape index (κ3) is 2.79. The Labute approximate surface area is 131 Å². The summed E-state index contributed by atoms with van der Waals surface area (Å²) >= 11 is 1.87. The second-order valence-corrected chi connectivity index (χ2v) is 6.85. The maximum Gasteiger partial charge on any atom is 0.0349 e. The predicted molar refractivity (Wildman–Crippen MR) is 94.1 cm³/mol. The molecule has 1 heterocycles. The molecule has 0 aliphatic carbocycles. The van der Waals surface area contributed by atoms with Gasteiger partial charge in [-0.3, -0.25) is 0 Å². The standard InChI is InChI=1S/C20H20S/c1-13-5-7-17(11-15(13)3)19-9-10-20(21-19)18-8-6-14(2)16(4)12-18/h5-12H,1-4H3. The summed E-state index contributed by atoms with van der Waals surface area (Å²) in [6, 6.07) is 17.9. The van der Waals surface area contributed by atoms with Crippen molar-refractivity contribution in [3.05, 3.63) is 70.8 Å². The molecule has 1 heteroatoms. The van der Waals surface area contributed by atoms with E-state index >= 15 is 0 Å². The van der Waals surface area contributed by atoms with Crippen LogP contribution in [0.2, 0.25) is 0 Å². The summed E-state index contributed by atoms with van der Waals surface area (Å²) in [5.74, 6) is 0. The fourth-order valence-corrected chi connectivity index (χ4v) is 3.44. The number of hydrogen-bond acceptors (Lipinski definition) is 1. The Morgan fingerprint density at radius 1 is 0.524 bits per heavy atom. The monoisotopic (exact) mass is 292 g/mol. The van der Waals surface area contributed by atoms with E-state index in [2.05, 4.69) is 76.2 Å². The third-order valence-corrected chi connectivity index (χ3v) is 5.37. The largest absolute Gasteiger partial charge is 0.135 e. The summed E-state index contributed by atoms with van der Waals surface area (Å²) in [4.78, 5) is 2.68. The van der Waals surface area contributed by atoms with Crippen molar-refractivity contribution < 1.29 is 0 Å². The van der Waals surface area contributed by atoms with Crippen molar-refractivity contribution in [3.8, 4) is 20.9 Å². The molecule has 0 nitrogen and oxygen atoms in total. The molecule has 0 aliphatic rings. The van der Waals surface area contributed by atoms with Crippen LogP contribution in [0.3, 0.4) is 0 Å². The van der Waals surface area contributed by atoms with Crippen LogP contribution in [0.1, 0.15) is 22.3 Å². The SMILES string of the molecule is Cc1ccc(-c2ccc(-c3ccc(C)c(C)c3)s2)cc1C. The Morgan fingerprint density at radius 3 is 1.33 bits per heavy atom. The van der Waals surface area contributed by atoms with E-state index in [0.29, 0.717) is 0 Å². The normalized spacial score (nSPS) is 10.9. The highest BCUT2D eigenvalue weighted by Crippen LogP contribution is 2.35. The molecule has 21 heavy (non-hydrogen) atoms. The highest BCUT2D eigenvalue weighted by Gasteiger charge is 2.06. The molecular formula is C20H20S. The number of rotatable bonds is 2. The van der Waals surface area contributed by atoms with Crippen LogP contribution in [0.15, 0.2) is 48.5 Å². The van der Waals surface area contributed by atoms with Crippen molar-refractivity contribution >= 4 is 11.3 Å². The minimum absolute atomic E-state index is 1.32. The fourth-order valence-electron chi connectivity index (χ4n) is 2.44.